The molecule has 100 valence electrons. The largest absolute Gasteiger partial charge is 0.325 e. The van der Waals surface area contributed by atoms with Crippen molar-refractivity contribution in [3.63, 3.8) is 0 Å². The molecule has 0 aliphatic heterocycles. The Bertz CT molecular complexity index is 596. The number of aromatic nitrogens is 3. The van der Waals surface area contributed by atoms with E-state index in [2.05, 4.69) is 31.6 Å². The lowest BCUT2D eigenvalue weighted by molar-refractivity contribution is -0.116. The topological polar surface area (TPSA) is 85.8 Å². The van der Waals surface area contributed by atoms with Gasteiger partial charge < -0.3 is 11.1 Å². The van der Waals surface area contributed by atoms with Crippen LogP contribution in [0.25, 0.3) is 0 Å². The van der Waals surface area contributed by atoms with Gasteiger partial charge in [0.05, 0.1) is 11.9 Å². The van der Waals surface area contributed by atoms with E-state index in [0.717, 1.165) is 15.7 Å². The third kappa shape index (κ3) is 3.62. The third-order valence-electron chi connectivity index (χ3n) is 2.56. The van der Waals surface area contributed by atoms with Crippen LogP contribution in [0, 0.1) is 6.92 Å². The fourth-order valence-electron chi connectivity index (χ4n) is 1.53. The quantitative estimate of drug-likeness (QED) is 0.891. The van der Waals surface area contributed by atoms with Crippen LogP contribution in [0.1, 0.15) is 11.3 Å². The highest BCUT2D eigenvalue weighted by Gasteiger charge is 2.06. The van der Waals surface area contributed by atoms with E-state index in [4.69, 9.17) is 5.73 Å². The van der Waals surface area contributed by atoms with E-state index in [1.807, 2.05) is 25.1 Å². The molecule has 1 aromatic heterocycles. The molecule has 1 aromatic carbocycles. The van der Waals surface area contributed by atoms with Gasteiger partial charge in [0.1, 0.15) is 6.54 Å². The number of amides is 1. The molecule has 6 nitrogen and oxygen atoms in total. The lowest BCUT2D eigenvalue weighted by Gasteiger charge is -2.06. The zero-order chi connectivity index (χ0) is 13.8. The second-order valence-corrected chi connectivity index (χ2v) is 4.98. The Morgan fingerprint density at radius 1 is 1.53 bits per heavy atom. The molecule has 0 aliphatic carbocycles. The Kier molecular flexibility index (Phi) is 4.28. The lowest BCUT2D eigenvalue weighted by Crippen LogP contribution is -2.19. The van der Waals surface area contributed by atoms with Crippen LogP contribution in [0.4, 0.5) is 5.69 Å². The van der Waals surface area contributed by atoms with Crippen molar-refractivity contribution in [3.05, 3.63) is 40.1 Å². The second kappa shape index (κ2) is 5.94. The van der Waals surface area contributed by atoms with Gasteiger partial charge in [-0.3, -0.25) is 4.79 Å². The average molecular weight is 324 g/mol. The summed E-state index contributed by atoms with van der Waals surface area (Å²) in [5, 5.41) is 10.4. The van der Waals surface area contributed by atoms with Crippen LogP contribution < -0.4 is 11.1 Å². The number of aryl methyl sites for hydroxylation is 1. The van der Waals surface area contributed by atoms with Gasteiger partial charge in [0.25, 0.3) is 0 Å². The smallest absolute Gasteiger partial charge is 0.246 e. The molecule has 1 heterocycles. The van der Waals surface area contributed by atoms with Gasteiger partial charge in [0, 0.05) is 16.7 Å². The fraction of sp³-hybridized carbons (Fsp3) is 0.250. The van der Waals surface area contributed by atoms with E-state index in [0.29, 0.717) is 12.2 Å². The molecule has 0 spiro atoms. The van der Waals surface area contributed by atoms with Crippen LogP contribution in [0.2, 0.25) is 0 Å². The molecule has 1 amide bonds. The van der Waals surface area contributed by atoms with Crippen LogP contribution in [0.15, 0.2) is 28.9 Å². The van der Waals surface area contributed by atoms with Crippen molar-refractivity contribution in [3.8, 4) is 0 Å². The summed E-state index contributed by atoms with van der Waals surface area (Å²) in [6.45, 7) is 2.41. The van der Waals surface area contributed by atoms with Gasteiger partial charge in [0.2, 0.25) is 5.91 Å². The highest BCUT2D eigenvalue weighted by atomic mass is 79.9. The number of halogens is 1. The van der Waals surface area contributed by atoms with Crippen molar-refractivity contribution in [1.82, 2.24) is 15.0 Å². The van der Waals surface area contributed by atoms with Gasteiger partial charge in [-0.05, 0) is 24.6 Å². The van der Waals surface area contributed by atoms with Gasteiger partial charge in [0.15, 0.2) is 0 Å². The molecule has 0 saturated carbocycles. The lowest BCUT2D eigenvalue weighted by atomic mass is 10.2. The number of hydrogen-bond acceptors (Lipinski definition) is 4. The maximum atomic E-state index is 11.8. The van der Waals surface area contributed by atoms with Crippen LogP contribution >= 0.6 is 15.9 Å². The number of nitrogens with one attached hydrogen (secondary N) is 1. The first-order chi connectivity index (χ1) is 9.08. The summed E-state index contributed by atoms with van der Waals surface area (Å²) in [6, 6.07) is 5.65. The predicted octanol–water partition coefficient (Wildman–Crippen LogP) is 1.45. The summed E-state index contributed by atoms with van der Waals surface area (Å²) < 4.78 is 2.41. The molecule has 2 rings (SSSR count). The van der Waals surface area contributed by atoms with Gasteiger partial charge in [-0.15, -0.1) is 5.10 Å². The van der Waals surface area contributed by atoms with Gasteiger partial charge in [-0.1, -0.05) is 27.2 Å². The Hall–Kier alpha value is -1.73. The third-order valence-corrected chi connectivity index (χ3v) is 3.41. The minimum atomic E-state index is -0.163. The molecule has 0 radical (unpaired) electrons. The number of anilines is 1. The Morgan fingerprint density at radius 3 is 2.95 bits per heavy atom. The number of carbonyl (C=O) groups is 1. The molecular weight excluding hydrogens is 310 g/mol. The summed E-state index contributed by atoms with van der Waals surface area (Å²) in [5.41, 5.74) is 7.94. The van der Waals surface area contributed by atoms with Crippen molar-refractivity contribution in [2.45, 2.75) is 20.0 Å². The molecule has 0 aliphatic rings. The molecule has 2 aromatic rings. The first kappa shape index (κ1) is 13.7. The Morgan fingerprint density at radius 2 is 2.32 bits per heavy atom. The summed E-state index contributed by atoms with van der Waals surface area (Å²) >= 11 is 3.42. The predicted molar refractivity (Wildman–Crippen MR) is 75.4 cm³/mol. The van der Waals surface area contributed by atoms with E-state index >= 15 is 0 Å². The summed E-state index contributed by atoms with van der Waals surface area (Å²) in [7, 11) is 0. The van der Waals surface area contributed by atoms with Crippen LogP contribution in [0.3, 0.4) is 0 Å². The number of nitrogens with zero attached hydrogens (tertiary/aromatic N) is 3. The molecule has 0 unspecified atom stereocenters. The zero-order valence-corrected chi connectivity index (χ0v) is 12.0. The van der Waals surface area contributed by atoms with Crippen molar-refractivity contribution in [1.29, 1.82) is 0 Å². The molecule has 0 atom stereocenters. The SMILES string of the molecule is Cc1ccc(NC(=O)Cn2cc(CN)nn2)cc1Br. The number of rotatable bonds is 4. The zero-order valence-electron chi connectivity index (χ0n) is 10.4. The van der Waals surface area contributed by atoms with Gasteiger partial charge in [-0.2, -0.15) is 0 Å². The Labute approximate surface area is 119 Å². The Balaban J connectivity index is 1.98. The minimum Gasteiger partial charge on any atom is -0.325 e. The maximum absolute atomic E-state index is 11.8. The van der Waals surface area contributed by atoms with Crippen molar-refractivity contribution >= 4 is 27.5 Å². The standard InChI is InChI=1S/C12H14BrN5O/c1-8-2-3-9(4-11(8)13)15-12(19)7-18-6-10(5-14)16-17-18/h2-4,6H,5,7,14H2,1H3,(H,15,19). The van der Waals surface area contributed by atoms with E-state index < -0.39 is 0 Å². The normalized spacial score (nSPS) is 10.5. The minimum absolute atomic E-state index is 0.110. The molecule has 7 heteroatoms. The molecule has 3 N–H and O–H groups in total. The summed E-state index contributed by atoms with van der Waals surface area (Å²) in [5.74, 6) is -0.163. The summed E-state index contributed by atoms with van der Waals surface area (Å²) in [6.07, 6.45) is 1.66. The number of benzene rings is 1. The van der Waals surface area contributed by atoms with E-state index in [-0.39, 0.29) is 12.5 Å². The fourth-order valence-corrected chi connectivity index (χ4v) is 1.91. The average Bonchev–Trinajstić information content (AvgIpc) is 2.81. The van der Waals surface area contributed by atoms with Crippen LogP contribution in [-0.4, -0.2) is 20.9 Å². The molecule has 0 saturated heterocycles. The second-order valence-electron chi connectivity index (χ2n) is 4.12. The highest BCUT2D eigenvalue weighted by Crippen LogP contribution is 2.20. The van der Waals surface area contributed by atoms with Crippen molar-refractivity contribution < 1.29 is 4.79 Å². The number of hydrogen-bond donors (Lipinski definition) is 2. The summed E-state index contributed by atoms with van der Waals surface area (Å²) in [4.78, 5) is 11.8. The van der Waals surface area contributed by atoms with E-state index in [9.17, 15) is 4.79 Å². The highest BCUT2D eigenvalue weighted by molar-refractivity contribution is 9.10. The molecule has 0 bridgehead atoms. The van der Waals surface area contributed by atoms with E-state index in [1.165, 1.54) is 4.68 Å². The number of carbonyl (C=O) groups excluding carboxylic acids is 1. The van der Waals surface area contributed by atoms with Crippen LogP contribution in [0.5, 0.6) is 0 Å². The maximum Gasteiger partial charge on any atom is 0.246 e. The first-order valence-corrected chi connectivity index (χ1v) is 6.53. The number of nitrogens with two attached hydrogens (primary N) is 1. The van der Waals surface area contributed by atoms with Crippen LogP contribution in [-0.2, 0) is 17.9 Å². The molecule has 19 heavy (non-hydrogen) atoms. The first-order valence-electron chi connectivity index (χ1n) is 5.73. The monoisotopic (exact) mass is 323 g/mol. The molecule has 0 fully saturated rings. The van der Waals surface area contributed by atoms with Crippen molar-refractivity contribution in [2.24, 2.45) is 5.73 Å². The van der Waals surface area contributed by atoms with Gasteiger partial charge >= 0.3 is 0 Å². The van der Waals surface area contributed by atoms with E-state index in [1.54, 1.807) is 6.20 Å². The van der Waals surface area contributed by atoms with Crippen molar-refractivity contribution in [2.75, 3.05) is 5.32 Å². The van der Waals surface area contributed by atoms with Gasteiger partial charge in [-0.25, -0.2) is 4.68 Å². The molecular formula is C12H14BrN5O.